The largest absolute Gasteiger partial charge is 0.482 e. The van der Waals surface area contributed by atoms with Crippen LogP contribution in [0.4, 0.5) is 5.69 Å². The first-order valence-electron chi connectivity index (χ1n) is 7.46. The Hall–Kier alpha value is -2.08. The van der Waals surface area contributed by atoms with Gasteiger partial charge < -0.3 is 19.7 Å². The molecule has 1 aromatic carbocycles. The van der Waals surface area contributed by atoms with Crippen LogP contribution in [0.15, 0.2) is 24.3 Å². The van der Waals surface area contributed by atoms with Gasteiger partial charge in [-0.2, -0.15) is 0 Å². The van der Waals surface area contributed by atoms with Crippen molar-refractivity contribution >= 4 is 17.5 Å². The van der Waals surface area contributed by atoms with E-state index in [2.05, 4.69) is 5.32 Å². The van der Waals surface area contributed by atoms with Crippen molar-refractivity contribution in [3.63, 3.8) is 0 Å². The molecule has 1 aliphatic heterocycles. The van der Waals surface area contributed by atoms with Gasteiger partial charge in [0.15, 0.2) is 6.61 Å². The summed E-state index contributed by atoms with van der Waals surface area (Å²) in [5.41, 5.74) is 0.718. The van der Waals surface area contributed by atoms with Crippen LogP contribution < -0.4 is 15.0 Å². The van der Waals surface area contributed by atoms with Crippen LogP contribution in [0.1, 0.15) is 19.8 Å². The van der Waals surface area contributed by atoms with Crippen LogP contribution in [0.5, 0.6) is 5.75 Å². The molecule has 1 atom stereocenters. The smallest absolute Gasteiger partial charge is 0.265 e. The molecule has 0 saturated heterocycles. The number of para-hydroxylation sites is 2. The van der Waals surface area contributed by atoms with Gasteiger partial charge in [-0.05, 0) is 18.6 Å². The molecule has 0 aromatic heterocycles. The molecular formula is C16H22N2O4. The van der Waals surface area contributed by atoms with Crippen molar-refractivity contribution in [1.82, 2.24) is 5.32 Å². The van der Waals surface area contributed by atoms with E-state index >= 15 is 0 Å². The molecule has 1 N–H and O–H groups in total. The normalized spacial score (nSPS) is 15.0. The Labute approximate surface area is 130 Å². The van der Waals surface area contributed by atoms with E-state index in [4.69, 9.17) is 9.47 Å². The zero-order chi connectivity index (χ0) is 15.9. The molecule has 0 fully saturated rings. The lowest BCUT2D eigenvalue weighted by atomic mass is 10.2. The number of fused-ring (bicyclic) bond motifs is 1. The fraction of sp³-hybridized carbons (Fsp3) is 0.500. The number of hydrogen-bond donors (Lipinski definition) is 1. The van der Waals surface area contributed by atoms with Gasteiger partial charge in [-0.25, -0.2) is 0 Å². The molecular weight excluding hydrogens is 284 g/mol. The van der Waals surface area contributed by atoms with Crippen LogP contribution in [0.3, 0.4) is 0 Å². The molecule has 0 saturated carbocycles. The number of methoxy groups -OCH3 is 1. The van der Waals surface area contributed by atoms with Gasteiger partial charge in [0.25, 0.3) is 5.91 Å². The van der Waals surface area contributed by atoms with E-state index in [-0.39, 0.29) is 30.9 Å². The molecule has 6 heteroatoms. The maximum absolute atomic E-state index is 12.0. The molecule has 1 heterocycles. The highest BCUT2D eigenvalue weighted by Crippen LogP contribution is 2.31. The zero-order valence-corrected chi connectivity index (χ0v) is 13.0. The van der Waals surface area contributed by atoms with Crippen molar-refractivity contribution in [2.24, 2.45) is 0 Å². The molecule has 0 bridgehead atoms. The van der Waals surface area contributed by atoms with E-state index in [1.807, 2.05) is 31.2 Å². The molecule has 0 aliphatic carbocycles. The van der Waals surface area contributed by atoms with E-state index < -0.39 is 0 Å². The summed E-state index contributed by atoms with van der Waals surface area (Å²) in [4.78, 5) is 25.6. The second-order valence-electron chi connectivity index (χ2n) is 5.18. The third kappa shape index (κ3) is 3.98. The fourth-order valence-corrected chi connectivity index (χ4v) is 2.38. The first-order valence-corrected chi connectivity index (χ1v) is 7.46. The standard InChI is InChI=1S/C16H22N2O4/c1-3-12(10-21-2)17-15(19)8-9-18-13-6-4-5-7-14(13)22-11-16(18)20/h4-7,12H,3,8-11H2,1-2H3,(H,17,19). The van der Waals surface area contributed by atoms with Gasteiger partial charge in [0, 0.05) is 20.1 Å². The van der Waals surface area contributed by atoms with Gasteiger partial charge in [-0.1, -0.05) is 19.1 Å². The summed E-state index contributed by atoms with van der Waals surface area (Å²) in [7, 11) is 1.61. The van der Waals surface area contributed by atoms with Crippen LogP contribution >= 0.6 is 0 Å². The number of ether oxygens (including phenoxy) is 2. The van der Waals surface area contributed by atoms with E-state index in [1.54, 1.807) is 12.0 Å². The number of benzene rings is 1. The van der Waals surface area contributed by atoms with Crippen molar-refractivity contribution in [3.8, 4) is 5.75 Å². The third-order valence-corrected chi connectivity index (χ3v) is 3.60. The fourth-order valence-electron chi connectivity index (χ4n) is 2.38. The molecule has 1 aromatic rings. The van der Waals surface area contributed by atoms with Crippen molar-refractivity contribution < 1.29 is 19.1 Å². The Kier molecular flexibility index (Phi) is 5.77. The van der Waals surface area contributed by atoms with Gasteiger partial charge in [0.1, 0.15) is 5.75 Å². The van der Waals surface area contributed by atoms with E-state index in [1.165, 1.54) is 0 Å². The van der Waals surface area contributed by atoms with Gasteiger partial charge in [0.05, 0.1) is 18.3 Å². The average molecular weight is 306 g/mol. The van der Waals surface area contributed by atoms with Crippen LogP contribution in [-0.4, -0.2) is 44.7 Å². The minimum absolute atomic E-state index is 0.00479. The molecule has 2 rings (SSSR count). The number of nitrogens with one attached hydrogen (secondary N) is 1. The maximum atomic E-state index is 12.0. The minimum atomic E-state index is -0.129. The summed E-state index contributed by atoms with van der Waals surface area (Å²) in [6.45, 7) is 2.83. The maximum Gasteiger partial charge on any atom is 0.265 e. The van der Waals surface area contributed by atoms with Gasteiger partial charge in [-0.15, -0.1) is 0 Å². The molecule has 120 valence electrons. The minimum Gasteiger partial charge on any atom is -0.482 e. The van der Waals surface area contributed by atoms with Crippen LogP contribution in [0.25, 0.3) is 0 Å². The van der Waals surface area contributed by atoms with Crippen molar-refractivity contribution in [2.75, 3.05) is 31.8 Å². The first kappa shape index (κ1) is 16.3. The van der Waals surface area contributed by atoms with E-state index in [9.17, 15) is 9.59 Å². The predicted molar refractivity (Wildman–Crippen MR) is 83.0 cm³/mol. The van der Waals surface area contributed by atoms with E-state index in [0.29, 0.717) is 18.9 Å². The van der Waals surface area contributed by atoms with E-state index in [0.717, 1.165) is 12.1 Å². The Morgan fingerprint density at radius 3 is 2.95 bits per heavy atom. The quantitative estimate of drug-likeness (QED) is 0.825. The third-order valence-electron chi connectivity index (χ3n) is 3.60. The molecule has 1 aliphatic rings. The van der Waals surface area contributed by atoms with Crippen molar-refractivity contribution in [2.45, 2.75) is 25.8 Å². The van der Waals surface area contributed by atoms with Crippen LogP contribution in [0.2, 0.25) is 0 Å². The summed E-state index contributed by atoms with van der Waals surface area (Å²) in [6, 6.07) is 7.35. The molecule has 0 spiro atoms. The Bertz CT molecular complexity index is 533. The summed E-state index contributed by atoms with van der Waals surface area (Å²) < 4.78 is 10.4. The second-order valence-corrected chi connectivity index (χ2v) is 5.18. The summed E-state index contributed by atoms with van der Waals surface area (Å²) >= 11 is 0. The number of nitrogens with zero attached hydrogens (tertiary/aromatic N) is 1. The summed E-state index contributed by atoms with van der Waals surface area (Å²) in [6.07, 6.45) is 1.05. The van der Waals surface area contributed by atoms with Gasteiger partial charge in [-0.3, -0.25) is 9.59 Å². The summed E-state index contributed by atoms with van der Waals surface area (Å²) in [5, 5.41) is 2.91. The van der Waals surface area contributed by atoms with Crippen molar-refractivity contribution in [3.05, 3.63) is 24.3 Å². The molecule has 6 nitrogen and oxygen atoms in total. The number of carbonyl (C=O) groups is 2. The number of amides is 2. The Balaban J connectivity index is 1.93. The van der Waals surface area contributed by atoms with Crippen LogP contribution in [-0.2, 0) is 14.3 Å². The number of rotatable bonds is 7. The number of carbonyl (C=O) groups excluding carboxylic acids is 2. The Morgan fingerprint density at radius 2 is 2.23 bits per heavy atom. The summed E-state index contributed by atoms with van der Waals surface area (Å²) in [5.74, 6) is 0.462. The molecule has 2 amide bonds. The van der Waals surface area contributed by atoms with Gasteiger partial charge >= 0.3 is 0 Å². The monoisotopic (exact) mass is 306 g/mol. The molecule has 1 unspecified atom stereocenters. The molecule has 22 heavy (non-hydrogen) atoms. The first-order chi connectivity index (χ1) is 10.7. The lowest BCUT2D eigenvalue weighted by Gasteiger charge is -2.29. The highest BCUT2D eigenvalue weighted by molar-refractivity contribution is 5.98. The number of anilines is 1. The zero-order valence-electron chi connectivity index (χ0n) is 13.0. The molecule has 0 radical (unpaired) electrons. The number of hydrogen-bond acceptors (Lipinski definition) is 4. The SMILES string of the molecule is CCC(COC)NC(=O)CCN1C(=O)COc2ccccc21. The topological polar surface area (TPSA) is 67.9 Å². The Morgan fingerprint density at radius 1 is 1.45 bits per heavy atom. The highest BCUT2D eigenvalue weighted by atomic mass is 16.5. The van der Waals surface area contributed by atoms with Gasteiger partial charge in [0.2, 0.25) is 5.91 Å². The average Bonchev–Trinajstić information content (AvgIpc) is 2.53. The lowest BCUT2D eigenvalue weighted by molar-refractivity contribution is -0.122. The van der Waals surface area contributed by atoms with Crippen LogP contribution in [0, 0.1) is 0 Å². The second kappa shape index (κ2) is 7.79. The lowest BCUT2D eigenvalue weighted by Crippen LogP contribution is -2.43. The predicted octanol–water partition coefficient (Wildman–Crippen LogP) is 1.34. The van der Waals surface area contributed by atoms with Crippen molar-refractivity contribution in [1.29, 1.82) is 0 Å². The highest BCUT2D eigenvalue weighted by Gasteiger charge is 2.25.